The molecule has 0 unspecified atom stereocenters. The van der Waals surface area contributed by atoms with Gasteiger partial charge in [-0.3, -0.25) is 13.9 Å². The number of carbonyl (C=O) groups excluding carboxylic acids is 2. The fourth-order valence-corrected chi connectivity index (χ4v) is 5.99. The highest BCUT2D eigenvalue weighted by molar-refractivity contribution is 9.10. The molecule has 0 radical (unpaired) electrons. The molecule has 11 heteroatoms. The molecule has 2 amide bonds. The molecule has 8 nitrogen and oxygen atoms in total. The lowest BCUT2D eigenvalue weighted by Gasteiger charge is -2.32. The second-order valence-corrected chi connectivity index (χ2v) is 13.1. The Morgan fingerprint density at radius 3 is 2.24 bits per heavy atom. The van der Waals surface area contributed by atoms with Crippen LogP contribution in [-0.2, 0) is 26.2 Å². The number of amides is 2. The zero-order valence-corrected chi connectivity index (χ0v) is 26.7. The molecule has 220 valence electrons. The largest absolute Gasteiger partial charge is 0.494 e. The van der Waals surface area contributed by atoms with E-state index in [1.165, 1.54) is 29.2 Å². The van der Waals surface area contributed by atoms with E-state index in [2.05, 4.69) is 21.2 Å². The second-order valence-electron chi connectivity index (χ2n) is 9.86. The summed E-state index contributed by atoms with van der Waals surface area (Å²) in [5.41, 5.74) is 1.06. The maximum absolute atomic E-state index is 14.0. The van der Waals surface area contributed by atoms with Crippen molar-refractivity contribution in [2.75, 3.05) is 24.0 Å². The first-order valence-corrected chi connectivity index (χ1v) is 15.9. The van der Waals surface area contributed by atoms with E-state index < -0.39 is 28.5 Å². The minimum Gasteiger partial charge on any atom is -0.494 e. The number of hydrogen-bond donors (Lipinski definition) is 1. The van der Waals surface area contributed by atoms with Crippen molar-refractivity contribution in [3.63, 3.8) is 0 Å². The van der Waals surface area contributed by atoms with E-state index in [4.69, 9.17) is 16.3 Å². The Morgan fingerprint density at radius 1 is 1.00 bits per heavy atom. The van der Waals surface area contributed by atoms with Gasteiger partial charge in [-0.2, -0.15) is 0 Å². The predicted molar refractivity (Wildman–Crippen MR) is 166 cm³/mol. The quantitative estimate of drug-likeness (QED) is 0.246. The molecule has 0 spiro atoms. The zero-order valence-electron chi connectivity index (χ0n) is 23.5. The molecule has 0 aliphatic rings. The normalized spacial score (nSPS) is 12.1. The van der Waals surface area contributed by atoms with Crippen LogP contribution in [0.1, 0.15) is 33.3 Å². The lowest BCUT2D eigenvalue weighted by atomic mass is 10.1. The number of benzene rings is 3. The average molecular weight is 665 g/mol. The Labute approximate surface area is 255 Å². The van der Waals surface area contributed by atoms with E-state index in [1.54, 1.807) is 31.2 Å². The fraction of sp³-hybridized carbons (Fsp3) is 0.333. The van der Waals surface area contributed by atoms with E-state index >= 15 is 0 Å². The van der Waals surface area contributed by atoms with Crippen molar-refractivity contribution in [1.82, 2.24) is 10.2 Å². The summed E-state index contributed by atoms with van der Waals surface area (Å²) < 4.78 is 35.2. The van der Waals surface area contributed by atoms with Gasteiger partial charge in [0.05, 0.1) is 17.2 Å². The second kappa shape index (κ2) is 14.7. The number of anilines is 1. The van der Waals surface area contributed by atoms with Crippen LogP contribution in [0.25, 0.3) is 0 Å². The average Bonchev–Trinajstić information content (AvgIpc) is 2.93. The van der Waals surface area contributed by atoms with Crippen LogP contribution in [0.4, 0.5) is 5.69 Å². The molecule has 0 aliphatic heterocycles. The number of rotatable bonds is 13. The van der Waals surface area contributed by atoms with Crippen molar-refractivity contribution in [2.45, 2.75) is 45.2 Å². The predicted octanol–water partition coefficient (Wildman–Crippen LogP) is 5.89. The first-order valence-electron chi connectivity index (χ1n) is 13.2. The Morgan fingerprint density at radius 2 is 1.66 bits per heavy atom. The first-order chi connectivity index (χ1) is 19.4. The summed E-state index contributed by atoms with van der Waals surface area (Å²) in [5.74, 6) is -0.0722. The highest BCUT2D eigenvalue weighted by atomic mass is 79.9. The molecule has 3 rings (SSSR count). The van der Waals surface area contributed by atoms with Crippen LogP contribution in [0, 0.1) is 5.92 Å². The van der Waals surface area contributed by atoms with Gasteiger partial charge in [0.15, 0.2) is 0 Å². The molecule has 3 aromatic rings. The lowest BCUT2D eigenvalue weighted by Crippen LogP contribution is -2.51. The number of carbonyl (C=O) groups is 2. The Hall–Kier alpha value is -3.08. The number of ether oxygens (including phenoxy) is 1. The van der Waals surface area contributed by atoms with E-state index in [-0.39, 0.29) is 29.0 Å². The molecule has 0 bridgehead atoms. The van der Waals surface area contributed by atoms with Crippen molar-refractivity contribution in [3.05, 3.63) is 87.9 Å². The number of nitrogens with one attached hydrogen (secondary N) is 1. The van der Waals surface area contributed by atoms with Gasteiger partial charge in [0.2, 0.25) is 11.8 Å². The topological polar surface area (TPSA) is 96.0 Å². The maximum atomic E-state index is 14.0. The van der Waals surface area contributed by atoms with E-state index in [0.29, 0.717) is 23.9 Å². The van der Waals surface area contributed by atoms with Gasteiger partial charge < -0.3 is 15.0 Å². The monoisotopic (exact) mass is 663 g/mol. The Balaban J connectivity index is 2.02. The molecule has 1 atom stereocenters. The van der Waals surface area contributed by atoms with Crippen LogP contribution in [-0.4, -0.2) is 50.9 Å². The minimum absolute atomic E-state index is 0.0233. The number of sulfonamides is 1. The van der Waals surface area contributed by atoms with Gasteiger partial charge in [0.1, 0.15) is 18.3 Å². The summed E-state index contributed by atoms with van der Waals surface area (Å²) in [6, 6.07) is 18.8. The number of nitrogens with zero attached hydrogens (tertiary/aromatic N) is 2. The number of halogens is 2. The van der Waals surface area contributed by atoms with Gasteiger partial charge in [0, 0.05) is 22.6 Å². The Bertz CT molecular complexity index is 1430. The van der Waals surface area contributed by atoms with E-state index in [0.717, 1.165) is 14.3 Å². The molecule has 41 heavy (non-hydrogen) atoms. The first kappa shape index (κ1) is 32.4. The third-order valence-electron chi connectivity index (χ3n) is 6.21. The minimum atomic E-state index is -4.19. The van der Waals surface area contributed by atoms with Gasteiger partial charge in [-0.15, -0.1) is 0 Å². The third kappa shape index (κ3) is 8.95. The SMILES string of the molecule is CCOc1ccc(N(CC(=O)N(Cc2cccc(Br)c2)[C@H](C)C(=O)NCC(C)C)S(=O)(=O)c2ccc(Cl)cc2)cc1. The van der Waals surface area contributed by atoms with E-state index in [1.807, 2.05) is 45.0 Å². The van der Waals surface area contributed by atoms with Crippen molar-refractivity contribution in [1.29, 1.82) is 0 Å². The smallest absolute Gasteiger partial charge is 0.264 e. The fourth-order valence-electron chi connectivity index (χ4n) is 4.00. The lowest BCUT2D eigenvalue weighted by molar-refractivity contribution is -0.139. The maximum Gasteiger partial charge on any atom is 0.264 e. The van der Waals surface area contributed by atoms with Crippen LogP contribution in [0.2, 0.25) is 5.02 Å². The van der Waals surface area contributed by atoms with Crippen molar-refractivity contribution in [2.24, 2.45) is 5.92 Å². The molecule has 1 N–H and O–H groups in total. The molecular formula is C30H35BrClN3O5S. The molecule has 0 aliphatic carbocycles. The van der Waals surface area contributed by atoms with Crippen LogP contribution in [0.15, 0.2) is 82.2 Å². The highest BCUT2D eigenvalue weighted by Crippen LogP contribution is 2.27. The van der Waals surface area contributed by atoms with Gasteiger partial charge in [0.25, 0.3) is 10.0 Å². The molecule has 0 aromatic heterocycles. The standard InChI is InChI=1S/C30H35BrClN3O5S/c1-5-40-27-13-11-26(12-14-27)35(41(38,39)28-15-9-25(32)10-16-28)20-29(36)34(19-23-7-6-8-24(31)17-23)22(4)30(37)33-18-21(2)3/h6-17,21-22H,5,18-20H2,1-4H3,(H,33,37)/t22-/m1/s1. The van der Waals surface area contributed by atoms with Crippen molar-refractivity contribution >= 4 is 55.1 Å². The zero-order chi connectivity index (χ0) is 30.2. The van der Waals surface area contributed by atoms with Gasteiger partial charge in [-0.05, 0) is 86.0 Å². The summed E-state index contributed by atoms with van der Waals surface area (Å²) in [6.07, 6.45) is 0. The molecule has 0 saturated heterocycles. The molecule has 0 fully saturated rings. The van der Waals surface area contributed by atoms with Crippen LogP contribution in [0.3, 0.4) is 0 Å². The number of hydrogen-bond acceptors (Lipinski definition) is 5. The third-order valence-corrected chi connectivity index (χ3v) is 8.74. The molecular weight excluding hydrogens is 630 g/mol. The highest BCUT2D eigenvalue weighted by Gasteiger charge is 2.32. The van der Waals surface area contributed by atoms with Gasteiger partial charge in [-0.1, -0.05) is 53.5 Å². The van der Waals surface area contributed by atoms with Crippen molar-refractivity contribution in [3.8, 4) is 5.75 Å². The summed E-state index contributed by atoms with van der Waals surface area (Å²) in [7, 11) is -4.19. The summed E-state index contributed by atoms with van der Waals surface area (Å²) >= 11 is 9.46. The molecule has 0 saturated carbocycles. The summed E-state index contributed by atoms with van der Waals surface area (Å²) in [4.78, 5) is 28.4. The van der Waals surface area contributed by atoms with Crippen LogP contribution >= 0.6 is 27.5 Å². The van der Waals surface area contributed by atoms with Gasteiger partial charge >= 0.3 is 0 Å². The van der Waals surface area contributed by atoms with E-state index in [9.17, 15) is 18.0 Å². The summed E-state index contributed by atoms with van der Waals surface area (Å²) in [5, 5.41) is 3.26. The molecule has 0 heterocycles. The molecule has 3 aromatic carbocycles. The summed E-state index contributed by atoms with van der Waals surface area (Å²) in [6.45, 7) is 7.92. The van der Waals surface area contributed by atoms with Crippen LogP contribution < -0.4 is 14.4 Å². The Kier molecular flexibility index (Phi) is 11.6. The van der Waals surface area contributed by atoms with Crippen molar-refractivity contribution < 1.29 is 22.7 Å². The van der Waals surface area contributed by atoms with Crippen LogP contribution in [0.5, 0.6) is 5.75 Å². The van der Waals surface area contributed by atoms with Gasteiger partial charge in [-0.25, -0.2) is 8.42 Å².